The predicted molar refractivity (Wildman–Crippen MR) is 103 cm³/mol. The monoisotopic (exact) mass is 416 g/mol. The van der Waals surface area contributed by atoms with Gasteiger partial charge in [-0.3, -0.25) is 4.79 Å². The zero-order valence-electron chi connectivity index (χ0n) is 13.3. The highest BCUT2D eigenvalue weighted by Gasteiger charge is 2.12. The lowest BCUT2D eigenvalue weighted by Crippen LogP contribution is -2.17. The summed E-state index contributed by atoms with van der Waals surface area (Å²) in [5, 5.41) is 8.64. The summed E-state index contributed by atoms with van der Waals surface area (Å²) in [7, 11) is 0. The molecule has 2 aromatic carbocycles. The van der Waals surface area contributed by atoms with Gasteiger partial charge in [0.05, 0.1) is 23.2 Å². The third kappa shape index (κ3) is 3.97. The summed E-state index contributed by atoms with van der Waals surface area (Å²) >= 11 is 9.54. The Labute approximate surface area is 158 Å². The number of hydrogen-bond donors (Lipinski definition) is 1. The summed E-state index contributed by atoms with van der Waals surface area (Å²) in [6.45, 7) is 1.89. The van der Waals surface area contributed by atoms with Crippen molar-refractivity contribution in [1.29, 1.82) is 0 Å². The minimum Gasteiger partial charge on any atom is -0.267 e. The summed E-state index contributed by atoms with van der Waals surface area (Å²) in [6.07, 6.45) is 1.50. The number of para-hydroxylation sites is 1. The van der Waals surface area contributed by atoms with Gasteiger partial charge in [0, 0.05) is 10.0 Å². The molecule has 0 atom stereocenters. The van der Waals surface area contributed by atoms with E-state index in [4.69, 9.17) is 11.6 Å². The number of hydrogen-bond acceptors (Lipinski definition) is 3. The Balaban J connectivity index is 1.77. The van der Waals surface area contributed by atoms with E-state index in [0.29, 0.717) is 16.3 Å². The van der Waals surface area contributed by atoms with Crippen LogP contribution in [0.5, 0.6) is 0 Å². The lowest BCUT2D eigenvalue weighted by molar-refractivity contribution is 0.0955. The number of nitrogens with one attached hydrogen (secondary N) is 1. The fraction of sp³-hybridized carbons (Fsp3) is 0.0556. The van der Waals surface area contributed by atoms with E-state index >= 15 is 0 Å². The molecule has 0 radical (unpaired) electrons. The smallest absolute Gasteiger partial charge is 0.267 e. The van der Waals surface area contributed by atoms with E-state index in [0.717, 1.165) is 15.9 Å². The first-order chi connectivity index (χ1) is 12.1. The fourth-order valence-electron chi connectivity index (χ4n) is 2.27. The molecule has 0 spiro atoms. The van der Waals surface area contributed by atoms with Gasteiger partial charge < -0.3 is 0 Å². The van der Waals surface area contributed by atoms with Crippen LogP contribution in [0.1, 0.15) is 21.6 Å². The van der Waals surface area contributed by atoms with Crippen LogP contribution in [0, 0.1) is 6.92 Å². The maximum Gasteiger partial charge on any atom is 0.271 e. The maximum absolute atomic E-state index is 12.0. The Kier molecular flexibility index (Phi) is 5.31. The van der Waals surface area contributed by atoms with Gasteiger partial charge in [0.1, 0.15) is 0 Å². The largest absolute Gasteiger partial charge is 0.271 e. The number of carbonyl (C=O) groups is 1. The first-order valence-electron chi connectivity index (χ1n) is 7.46. The molecule has 0 fully saturated rings. The molecular weight excluding hydrogens is 404 g/mol. The average Bonchev–Trinajstić information content (AvgIpc) is 2.91. The second-order valence-corrected chi connectivity index (χ2v) is 6.52. The molecule has 1 N–H and O–H groups in total. The number of aromatic nitrogens is 2. The molecule has 1 amide bonds. The Bertz CT molecular complexity index is 920. The molecule has 7 heteroatoms. The van der Waals surface area contributed by atoms with Crippen LogP contribution in [0.3, 0.4) is 0 Å². The van der Waals surface area contributed by atoms with E-state index in [1.807, 2.05) is 37.3 Å². The van der Waals surface area contributed by atoms with Gasteiger partial charge in [0.25, 0.3) is 5.91 Å². The van der Waals surface area contributed by atoms with E-state index in [1.54, 1.807) is 28.9 Å². The molecule has 1 aromatic heterocycles. The molecule has 0 unspecified atom stereocenters. The van der Waals surface area contributed by atoms with Crippen LogP contribution < -0.4 is 5.43 Å². The Morgan fingerprint density at radius 2 is 1.88 bits per heavy atom. The molecule has 0 saturated carbocycles. The zero-order chi connectivity index (χ0) is 17.8. The van der Waals surface area contributed by atoms with E-state index in [1.165, 1.54) is 6.21 Å². The fourth-order valence-corrected chi connectivity index (χ4v) is 2.79. The van der Waals surface area contributed by atoms with Crippen LogP contribution in [-0.4, -0.2) is 21.9 Å². The third-order valence-electron chi connectivity index (χ3n) is 3.58. The van der Waals surface area contributed by atoms with Crippen LogP contribution in [0.4, 0.5) is 0 Å². The SMILES string of the molecule is Cc1c(/C=N\NC(=O)c2ccc(Br)cc2)c(Cl)nn1-c1ccccc1. The zero-order valence-corrected chi connectivity index (χ0v) is 15.6. The summed E-state index contributed by atoms with van der Waals surface area (Å²) in [4.78, 5) is 12.0. The second-order valence-electron chi connectivity index (χ2n) is 5.24. The number of nitrogens with zero attached hydrogens (tertiary/aromatic N) is 3. The van der Waals surface area contributed by atoms with Crippen molar-refractivity contribution < 1.29 is 4.79 Å². The minimum atomic E-state index is -0.298. The van der Waals surface area contributed by atoms with Gasteiger partial charge in [0.2, 0.25) is 0 Å². The van der Waals surface area contributed by atoms with Gasteiger partial charge in [-0.2, -0.15) is 10.2 Å². The quantitative estimate of drug-likeness (QED) is 0.506. The van der Waals surface area contributed by atoms with Crippen molar-refractivity contribution in [2.75, 3.05) is 0 Å². The summed E-state index contributed by atoms with van der Waals surface area (Å²) < 4.78 is 2.64. The highest BCUT2D eigenvalue weighted by Crippen LogP contribution is 2.20. The second kappa shape index (κ2) is 7.63. The lowest BCUT2D eigenvalue weighted by atomic mass is 10.2. The number of carbonyl (C=O) groups excluding carboxylic acids is 1. The van der Waals surface area contributed by atoms with E-state index in [2.05, 4.69) is 31.6 Å². The number of amides is 1. The van der Waals surface area contributed by atoms with Gasteiger partial charge in [-0.15, -0.1) is 0 Å². The van der Waals surface area contributed by atoms with Crippen molar-refractivity contribution in [1.82, 2.24) is 15.2 Å². The van der Waals surface area contributed by atoms with Crippen molar-refractivity contribution >= 4 is 39.7 Å². The van der Waals surface area contributed by atoms with Gasteiger partial charge in [-0.05, 0) is 43.3 Å². The molecule has 0 aliphatic carbocycles. The molecule has 5 nitrogen and oxygen atoms in total. The van der Waals surface area contributed by atoms with Crippen LogP contribution in [0.25, 0.3) is 5.69 Å². The molecular formula is C18H14BrClN4O. The number of halogens is 2. The van der Waals surface area contributed by atoms with Crippen molar-refractivity contribution in [2.45, 2.75) is 6.92 Å². The summed E-state index contributed by atoms with van der Waals surface area (Å²) in [6, 6.07) is 16.7. The first-order valence-corrected chi connectivity index (χ1v) is 8.63. The highest BCUT2D eigenvalue weighted by molar-refractivity contribution is 9.10. The van der Waals surface area contributed by atoms with Crippen molar-refractivity contribution in [3.63, 3.8) is 0 Å². The highest BCUT2D eigenvalue weighted by atomic mass is 79.9. The summed E-state index contributed by atoms with van der Waals surface area (Å²) in [5.41, 5.74) is 5.40. The van der Waals surface area contributed by atoms with E-state index in [-0.39, 0.29) is 5.91 Å². The van der Waals surface area contributed by atoms with Gasteiger partial charge >= 0.3 is 0 Å². The van der Waals surface area contributed by atoms with Gasteiger partial charge in [0.15, 0.2) is 5.15 Å². The normalized spacial score (nSPS) is 11.0. The van der Waals surface area contributed by atoms with Crippen molar-refractivity contribution in [3.05, 3.63) is 81.0 Å². The standard InChI is InChI=1S/C18H14BrClN4O/c1-12-16(17(20)23-24(12)15-5-3-2-4-6-15)11-21-22-18(25)13-7-9-14(19)10-8-13/h2-11H,1H3,(H,22,25)/b21-11-. The van der Waals surface area contributed by atoms with E-state index < -0.39 is 0 Å². The number of rotatable bonds is 4. The maximum atomic E-state index is 12.0. The van der Waals surface area contributed by atoms with Crippen LogP contribution in [-0.2, 0) is 0 Å². The molecule has 25 heavy (non-hydrogen) atoms. The Hall–Kier alpha value is -2.44. The predicted octanol–water partition coefficient (Wildman–Crippen LogP) is 4.36. The Morgan fingerprint density at radius 1 is 1.20 bits per heavy atom. The number of benzene rings is 2. The molecule has 3 aromatic rings. The van der Waals surface area contributed by atoms with Crippen LogP contribution >= 0.6 is 27.5 Å². The van der Waals surface area contributed by atoms with Crippen LogP contribution in [0.15, 0.2) is 64.2 Å². The number of hydrazone groups is 1. The molecule has 0 saturated heterocycles. The van der Waals surface area contributed by atoms with E-state index in [9.17, 15) is 4.79 Å². The van der Waals surface area contributed by atoms with Crippen molar-refractivity contribution in [2.24, 2.45) is 5.10 Å². The average molecular weight is 418 g/mol. The summed E-state index contributed by atoms with van der Waals surface area (Å²) in [5.74, 6) is -0.298. The molecule has 0 bridgehead atoms. The van der Waals surface area contributed by atoms with Crippen molar-refractivity contribution in [3.8, 4) is 5.69 Å². The topological polar surface area (TPSA) is 59.3 Å². The molecule has 0 aliphatic heterocycles. The first kappa shape index (κ1) is 17.4. The molecule has 1 heterocycles. The molecule has 126 valence electrons. The third-order valence-corrected chi connectivity index (χ3v) is 4.39. The van der Waals surface area contributed by atoms with Crippen LogP contribution in [0.2, 0.25) is 5.15 Å². The van der Waals surface area contributed by atoms with Gasteiger partial charge in [-0.25, -0.2) is 10.1 Å². The minimum absolute atomic E-state index is 0.298. The molecule has 3 rings (SSSR count). The van der Waals surface area contributed by atoms with Gasteiger partial charge in [-0.1, -0.05) is 45.7 Å². The molecule has 0 aliphatic rings. The lowest BCUT2D eigenvalue weighted by Gasteiger charge is -2.03. The Morgan fingerprint density at radius 3 is 2.56 bits per heavy atom.